The molecule has 0 aliphatic rings. The maximum Gasteiger partial charge on any atom is 0.124 e. The number of anilines is 1. The lowest BCUT2D eigenvalue weighted by atomic mass is 10.1. The molecule has 0 saturated heterocycles. The maximum atomic E-state index is 5.38. The Morgan fingerprint density at radius 1 is 1.06 bits per heavy atom. The first-order chi connectivity index (χ1) is 8.70. The zero-order valence-corrected chi connectivity index (χ0v) is 12.1. The van der Waals surface area contributed by atoms with E-state index in [1.54, 1.807) is 7.11 Å². The van der Waals surface area contributed by atoms with Crippen LogP contribution >= 0.6 is 15.9 Å². The summed E-state index contributed by atoms with van der Waals surface area (Å²) in [5, 5.41) is 3.46. The molecular weight excluding hydrogens is 290 g/mol. The highest BCUT2D eigenvalue weighted by Crippen LogP contribution is 2.27. The number of methoxy groups -OCH3 is 1. The normalized spacial score (nSPS) is 11.9. The van der Waals surface area contributed by atoms with Crippen LogP contribution in [0, 0.1) is 0 Å². The first kappa shape index (κ1) is 13.0. The van der Waals surface area contributed by atoms with Crippen molar-refractivity contribution in [2.75, 3.05) is 12.4 Å². The van der Waals surface area contributed by atoms with Gasteiger partial charge in [-0.25, -0.2) is 0 Å². The third-order valence-electron chi connectivity index (χ3n) is 2.83. The van der Waals surface area contributed by atoms with Gasteiger partial charge in [0.1, 0.15) is 5.75 Å². The highest BCUT2D eigenvalue weighted by molar-refractivity contribution is 9.10. The van der Waals surface area contributed by atoms with Crippen molar-refractivity contribution in [2.45, 2.75) is 13.0 Å². The van der Waals surface area contributed by atoms with Crippen molar-refractivity contribution in [3.05, 3.63) is 58.6 Å². The van der Waals surface area contributed by atoms with Crippen LogP contribution in [0.25, 0.3) is 0 Å². The molecule has 1 unspecified atom stereocenters. The van der Waals surface area contributed by atoms with Gasteiger partial charge in [0.15, 0.2) is 0 Å². The van der Waals surface area contributed by atoms with Crippen molar-refractivity contribution in [1.29, 1.82) is 0 Å². The lowest BCUT2D eigenvalue weighted by molar-refractivity contribution is 0.408. The van der Waals surface area contributed by atoms with E-state index in [0.29, 0.717) is 0 Å². The van der Waals surface area contributed by atoms with E-state index >= 15 is 0 Å². The second-order valence-corrected chi connectivity index (χ2v) is 5.03. The summed E-state index contributed by atoms with van der Waals surface area (Å²) in [6.45, 7) is 2.12. The van der Waals surface area contributed by atoms with E-state index in [1.165, 1.54) is 0 Å². The van der Waals surface area contributed by atoms with Crippen LogP contribution in [0.4, 0.5) is 5.69 Å². The van der Waals surface area contributed by atoms with Gasteiger partial charge in [0.2, 0.25) is 0 Å². The summed E-state index contributed by atoms with van der Waals surface area (Å²) in [7, 11) is 1.70. The number of rotatable bonds is 4. The average molecular weight is 306 g/mol. The minimum Gasteiger partial charge on any atom is -0.496 e. The number of benzene rings is 2. The predicted octanol–water partition coefficient (Wildman–Crippen LogP) is 4.63. The molecule has 0 aromatic heterocycles. The molecular formula is C15H16BrNO. The molecule has 0 aliphatic heterocycles. The summed E-state index contributed by atoms with van der Waals surface area (Å²) in [6, 6.07) is 16.4. The number of nitrogens with one attached hydrogen (secondary N) is 1. The fourth-order valence-electron chi connectivity index (χ4n) is 1.90. The van der Waals surface area contributed by atoms with Crippen LogP contribution < -0.4 is 10.1 Å². The quantitative estimate of drug-likeness (QED) is 0.889. The van der Waals surface area contributed by atoms with Crippen molar-refractivity contribution in [2.24, 2.45) is 0 Å². The van der Waals surface area contributed by atoms with E-state index < -0.39 is 0 Å². The zero-order valence-electron chi connectivity index (χ0n) is 10.5. The monoisotopic (exact) mass is 305 g/mol. The van der Waals surface area contributed by atoms with Crippen LogP contribution in [-0.4, -0.2) is 7.11 Å². The minimum atomic E-state index is 0.197. The maximum absolute atomic E-state index is 5.38. The molecule has 3 heteroatoms. The number of hydrogen-bond acceptors (Lipinski definition) is 2. The molecule has 0 fully saturated rings. The fraction of sp³-hybridized carbons (Fsp3) is 0.200. The average Bonchev–Trinajstić information content (AvgIpc) is 2.41. The van der Waals surface area contributed by atoms with Gasteiger partial charge in [-0.1, -0.05) is 34.1 Å². The van der Waals surface area contributed by atoms with E-state index in [2.05, 4.69) is 46.4 Å². The molecule has 0 amide bonds. The van der Waals surface area contributed by atoms with Crippen molar-refractivity contribution in [3.8, 4) is 5.75 Å². The number of hydrogen-bond donors (Lipinski definition) is 1. The molecule has 0 spiro atoms. The molecule has 2 nitrogen and oxygen atoms in total. The summed E-state index contributed by atoms with van der Waals surface area (Å²) in [6.07, 6.45) is 0. The second kappa shape index (κ2) is 5.91. The van der Waals surface area contributed by atoms with Gasteiger partial charge in [0, 0.05) is 15.7 Å². The summed E-state index contributed by atoms with van der Waals surface area (Å²) >= 11 is 3.43. The number of para-hydroxylation sites is 1. The van der Waals surface area contributed by atoms with Crippen LogP contribution in [-0.2, 0) is 0 Å². The second-order valence-electron chi connectivity index (χ2n) is 4.11. The number of halogens is 1. The van der Waals surface area contributed by atoms with Gasteiger partial charge in [-0.3, -0.25) is 0 Å². The lowest BCUT2D eigenvalue weighted by Crippen LogP contribution is -2.07. The first-order valence-corrected chi connectivity index (χ1v) is 6.65. The fourth-order valence-corrected chi connectivity index (χ4v) is 2.16. The van der Waals surface area contributed by atoms with Gasteiger partial charge < -0.3 is 10.1 Å². The summed E-state index contributed by atoms with van der Waals surface area (Å²) in [5.74, 6) is 0.912. The third-order valence-corrected chi connectivity index (χ3v) is 3.36. The Morgan fingerprint density at radius 2 is 1.72 bits per heavy atom. The van der Waals surface area contributed by atoms with Crippen LogP contribution in [0.5, 0.6) is 5.75 Å². The third kappa shape index (κ3) is 3.05. The van der Waals surface area contributed by atoms with Gasteiger partial charge >= 0.3 is 0 Å². The van der Waals surface area contributed by atoms with E-state index in [1.807, 2.05) is 30.3 Å². The van der Waals surface area contributed by atoms with Crippen molar-refractivity contribution >= 4 is 21.6 Å². The molecule has 18 heavy (non-hydrogen) atoms. The first-order valence-electron chi connectivity index (χ1n) is 5.85. The van der Waals surface area contributed by atoms with Crippen molar-refractivity contribution in [1.82, 2.24) is 0 Å². The highest BCUT2D eigenvalue weighted by atomic mass is 79.9. The molecule has 2 aromatic rings. The van der Waals surface area contributed by atoms with Crippen LogP contribution in [0.3, 0.4) is 0 Å². The Hall–Kier alpha value is -1.48. The summed E-state index contributed by atoms with van der Waals surface area (Å²) < 4.78 is 6.46. The minimum absolute atomic E-state index is 0.197. The number of ether oxygens (including phenoxy) is 1. The topological polar surface area (TPSA) is 21.3 Å². The van der Waals surface area contributed by atoms with E-state index in [9.17, 15) is 0 Å². The Balaban J connectivity index is 2.16. The van der Waals surface area contributed by atoms with Crippen molar-refractivity contribution < 1.29 is 4.74 Å². The summed E-state index contributed by atoms with van der Waals surface area (Å²) in [4.78, 5) is 0. The Kier molecular flexibility index (Phi) is 4.26. The molecule has 1 N–H and O–H groups in total. The largest absolute Gasteiger partial charge is 0.496 e. The molecule has 0 aliphatic carbocycles. The Bertz CT molecular complexity index is 510. The van der Waals surface area contributed by atoms with Gasteiger partial charge in [-0.05, 0) is 37.3 Å². The lowest BCUT2D eigenvalue weighted by Gasteiger charge is -2.18. The Labute approximate surface area is 116 Å². The van der Waals surface area contributed by atoms with E-state index in [4.69, 9.17) is 4.74 Å². The molecule has 0 heterocycles. The molecule has 0 bridgehead atoms. The van der Waals surface area contributed by atoms with Gasteiger partial charge in [-0.15, -0.1) is 0 Å². The van der Waals surface area contributed by atoms with Gasteiger partial charge in [-0.2, -0.15) is 0 Å². The highest BCUT2D eigenvalue weighted by Gasteiger charge is 2.10. The van der Waals surface area contributed by atoms with Crippen LogP contribution in [0.1, 0.15) is 18.5 Å². The standard InChI is InChI=1S/C15H16BrNO/c1-11(14-5-3-4-6-15(14)18-2)17-13-9-7-12(16)8-10-13/h3-11,17H,1-2H3. The van der Waals surface area contributed by atoms with Crippen LogP contribution in [0.2, 0.25) is 0 Å². The SMILES string of the molecule is COc1ccccc1C(C)Nc1ccc(Br)cc1. The van der Waals surface area contributed by atoms with Gasteiger partial charge in [0.05, 0.1) is 13.2 Å². The summed E-state index contributed by atoms with van der Waals surface area (Å²) in [5.41, 5.74) is 2.25. The van der Waals surface area contributed by atoms with E-state index in [0.717, 1.165) is 21.5 Å². The smallest absolute Gasteiger partial charge is 0.124 e. The molecule has 1 atom stereocenters. The molecule has 0 saturated carbocycles. The Morgan fingerprint density at radius 3 is 2.39 bits per heavy atom. The van der Waals surface area contributed by atoms with Crippen molar-refractivity contribution in [3.63, 3.8) is 0 Å². The predicted molar refractivity (Wildman–Crippen MR) is 79.2 cm³/mol. The molecule has 94 valence electrons. The molecule has 2 aromatic carbocycles. The molecule has 2 rings (SSSR count). The van der Waals surface area contributed by atoms with E-state index in [-0.39, 0.29) is 6.04 Å². The van der Waals surface area contributed by atoms with Crippen LogP contribution in [0.15, 0.2) is 53.0 Å². The molecule has 0 radical (unpaired) electrons. The zero-order chi connectivity index (χ0) is 13.0. The van der Waals surface area contributed by atoms with Gasteiger partial charge in [0.25, 0.3) is 0 Å².